The van der Waals surface area contributed by atoms with E-state index in [1.807, 2.05) is 30.5 Å². The van der Waals surface area contributed by atoms with Crippen molar-refractivity contribution in [1.29, 1.82) is 0 Å². The van der Waals surface area contributed by atoms with Crippen molar-refractivity contribution >= 4 is 5.82 Å². The number of methoxy groups -OCH3 is 3. The van der Waals surface area contributed by atoms with E-state index in [-0.39, 0.29) is 0 Å². The lowest BCUT2D eigenvalue weighted by molar-refractivity contribution is 0.323. The Balaban J connectivity index is 2.24. The van der Waals surface area contributed by atoms with E-state index >= 15 is 0 Å². The van der Waals surface area contributed by atoms with E-state index < -0.39 is 0 Å². The van der Waals surface area contributed by atoms with Crippen LogP contribution in [0.4, 0.5) is 5.82 Å². The number of aromatic nitrogens is 1. The van der Waals surface area contributed by atoms with Crippen LogP contribution in [0.3, 0.4) is 0 Å². The third-order valence-corrected chi connectivity index (χ3v) is 4.35. The fourth-order valence-corrected chi connectivity index (χ4v) is 2.99. The lowest BCUT2D eigenvalue weighted by atomic mass is 10.1. The molecule has 0 aliphatic heterocycles. The van der Waals surface area contributed by atoms with Gasteiger partial charge in [-0.25, -0.2) is 4.98 Å². The van der Waals surface area contributed by atoms with Gasteiger partial charge < -0.3 is 19.1 Å². The van der Waals surface area contributed by atoms with E-state index in [1.54, 1.807) is 21.3 Å². The average molecular weight is 358 g/mol. The molecule has 142 valence electrons. The van der Waals surface area contributed by atoms with Crippen molar-refractivity contribution in [2.24, 2.45) is 0 Å². The van der Waals surface area contributed by atoms with Crippen molar-refractivity contribution < 1.29 is 14.2 Å². The van der Waals surface area contributed by atoms with Gasteiger partial charge in [0.15, 0.2) is 11.5 Å². The smallest absolute Gasteiger partial charge is 0.203 e. The van der Waals surface area contributed by atoms with Crippen molar-refractivity contribution in [2.75, 3.05) is 32.8 Å². The van der Waals surface area contributed by atoms with Crippen LogP contribution in [0.25, 0.3) is 0 Å². The zero-order valence-electron chi connectivity index (χ0n) is 16.3. The molecule has 0 aliphatic rings. The number of unbranched alkanes of at least 4 members (excludes halogenated alkanes) is 3. The second-order valence-electron chi connectivity index (χ2n) is 6.20. The van der Waals surface area contributed by atoms with Crippen molar-refractivity contribution in [2.45, 2.75) is 39.2 Å². The van der Waals surface area contributed by atoms with E-state index in [4.69, 9.17) is 14.2 Å². The second kappa shape index (κ2) is 10.5. The summed E-state index contributed by atoms with van der Waals surface area (Å²) in [6.45, 7) is 3.93. The molecular weight excluding hydrogens is 328 g/mol. The first-order valence-corrected chi connectivity index (χ1v) is 9.18. The van der Waals surface area contributed by atoms with Gasteiger partial charge in [0.1, 0.15) is 5.82 Å². The summed E-state index contributed by atoms with van der Waals surface area (Å²) in [7, 11) is 4.90. The molecule has 26 heavy (non-hydrogen) atoms. The molecule has 0 spiro atoms. The monoisotopic (exact) mass is 358 g/mol. The van der Waals surface area contributed by atoms with Crippen LogP contribution in [-0.2, 0) is 6.54 Å². The molecule has 0 saturated heterocycles. The highest BCUT2D eigenvalue weighted by molar-refractivity contribution is 5.54. The van der Waals surface area contributed by atoms with Gasteiger partial charge in [-0.1, -0.05) is 32.3 Å². The summed E-state index contributed by atoms with van der Waals surface area (Å²) >= 11 is 0. The molecule has 1 aromatic carbocycles. The van der Waals surface area contributed by atoms with Crippen molar-refractivity contribution in [3.63, 3.8) is 0 Å². The largest absolute Gasteiger partial charge is 0.493 e. The summed E-state index contributed by atoms with van der Waals surface area (Å²) in [4.78, 5) is 6.83. The predicted octanol–water partition coefficient (Wildman–Crippen LogP) is 4.69. The first-order valence-electron chi connectivity index (χ1n) is 9.18. The molecule has 5 heteroatoms. The van der Waals surface area contributed by atoms with Gasteiger partial charge in [0, 0.05) is 19.3 Å². The second-order valence-corrected chi connectivity index (χ2v) is 6.20. The van der Waals surface area contributed by atoms with Crippen LogP contribution in [0.2, 0.25) is 0 Å². The number of hydrogen-bond acceptors (Lipinski definition) is 5. The zero-order valence-corrected chi connectivity index (χ0v) is 16.3. The topological polar surface area (TPSA) is 43.8 Å². The van der Waals surface area contributed by atoms with Crippen LogP contribution in [-0.4, -0.2) is 32.9 Å². The van der Waals surface area contributed by atoms with Crippen LogP contribution < -0.4 is 19.1 Å². The average Bonchev–Trinajstić information content (AvgIpc) is 2.70. The van der Waals surface area contributed by atoms with E-state index in [0.29, 0.717) is 17.2 Å². The molecule has 1 heterocycles. The van der Waals surface area contributed by atoms with Gasteiger partial charge in [0.25, 0.3) is 0 Å². The highest BCUT2D eigenvalue weighted by Crippen LogP contribution is 2.38. The number of nitrogens with zero attached hydrogens (tertiary/aromatic N) is 2. The molecule has 0 aliphatic carbocycles. The summed E-state index contributed by atoms with van der Waals surface area (Å²) in [5, 5.41) is 0. The number of ether oxygens (including phenoxy) is 3. The number of anilines is 1. The maximum Gasteiger partial charge on any atom is 0.203 e. The molecule has 0 fully saturated rings. The Hall–Kier alpha value is -2.43. The molecule has 5 nitrogen and oxygen atoms in total. The first kappa shape index (κ1) is 19.9. The molecule has 2 aromatic rings. The lowest BCUT2D eigenvalue weighted by Crippen LogP contribution is -2.25. The molecule has 0 atom stereocenters. The highest BCUT2D eigenvalue weighted by Gasteiger charge is 2.15. The molecule has 0 unspecified atom stereocenters. The normalized spacial score (nSPS) is 10.5. The van der Waals surface area contributed by atoms with E-state index in [1.165, 1.54) is 19.3 Å². The van der Waals surface area contributed by atoms with Crippen LogP contribution in [0, 0.1) is 0 Å². The van der Waals surface area contributed by atoms with E-state index in [0.717, 1.165) is 30.9 Å². The van der Waals surface area contributed by atoms with Gasteiger partial charge in [-0.15, -0.1) is 0 Å². The SMILES string of the molecule is CCCCCCN(Cc1cc(OC)c(OC)c(OC)c1)c1ccccn1. The molecule has 0 bridgehead atoms. The number of hydrogen-bond donors (Lipinski definition) is 0. The Kier molecular flexibility index (Phi) is 8.06. The third kappa shape index (κ3) is 5.28. The zero-order chi connectivity index (χ0) is 18.8. The maximum atomic E-state index is 5.48. The van der Waals surface area contributed by atoms with Crippen LogP contribution in [0.1, 0.15) is 38.2 Å². The Morgan fingerprint density at radius 3 is 2.19 bits per heavy atom. The first-order chi connectivity index (χ1) is 12.7. The molecule has 0 saturated carbocycles. The Morgan fingerprint density at radius 1 is 0.923 bits per heavy atom. The highest BCUT2D eigenvalue weighted by atomic mass is 16.5. The maximum absolute atomic E-state index is 5.48. The minimum Gasteiger partial charge on any atom is -0.493 e. The molecule has 1 aromatic heterocycles. The summed E-state index contributed by atoms with van der Waals surface area (Å²) in [5.41, 5.74) is 1.10. The van der Waals surface area contributed by atoms with Gasteiger partial charge in [-0.3, -0.25) is 0 Å². The molecule has 0 radical (unpaired) electrons. The van der Waals surface area contributed by atoms with Crippen molar-refractivity contribution in [3.8, 4) is 17.2 Å². The van der Waals surface area contributed by atoms with Crippen LogP contribution >= 0.6 is 0 Å². The van der Waals surface area contributed by atoms with Gasteiger partial charge in [-0.05, 0) is 36.2 Å². The van der Waals surface area contributed by atoms with Crippen LogP contribution in [0.15, 0.2) is 36.5 Å². The minimum atomic E-state index is 0.617. The van der Waals surface area contributed by atoms with Crippen molar-refractivity contribution in [3.05, 3.63) is 42.1 Å². The van der Waals surface area contributed by atoms with E-state index in [9.17, 15) is 0 Å². The minimum absolute atomic E-state index is 0.617. The summed E-state index contributed by atoms with van der Waals surface area (Å²) in [6.07, 6.45) is 6.71. The molecule has 0 N–H and O–H groups in total. The molecule has 2 rings (SSSR count). The van der Waals surface area contributed by atoms with Crippen LogP contribution in [0.5, 0.6) is 17.2 Å². The Labute approximate surface area is 156 Å². The third-order valence-electron chi connectivity index (χ3n) is 4.35. The fourth-order valence-electron chi connectivity index (χ4n) is 2.99. The quantitative estimate of drug-likeness (QED) is 0.545. The molecular formula is C21H30N2O3. The predicted molar refractivity (Wildman–Crippen MR) is 106 cm³/mol. The fraction of sp³-hybridized carbons (Fsp3) is 0.476. The van der Waals surface area contributed by atoms with Gasteiger partial charge in [0.2, 0.25) is 5.75 Å². The summed E-state index contributed by atoms with van der Waals surface area (Å²) in [5.74, 6) is 2.95. The Bertz CT molecular complexity index is 637. The lowest BCUT2D eigenvalue weighted by Gasteiger charge is -2.25. The van der Waals surface area contributed by atoms with E-state index in [2.05, 4.69) is 22.9 Å². The summed E-state index contributed by atoms with van der Waals surface area (Å²) < 4.78 is 16.4. The van der Waals surface area contributed by atoms with Gasteiger partial charge in [-0.2, -0.15) is 0 Å². The van der Waals surface area contributed by atoms with Crippen molar-refractivity contribution in [1.82, 2.24) is 4.98 Å². The Morgan fingerprint density at radius 2 is 1.65 bits per heavy atom. The number of pyridine rings is 1. The summed E-state index contributed by atoms with van der Waals surface area (Å²) in [6, 6.07) is 10.0. The van der Waals surface area contributed by atoms with Gasteiger partial charge in [0.05, 0.1) is 21.3 Å². The number of rotatable bonds is 11. The standard InChI is InChI=1S/C21H30N2O3/c1-5-6-7-10-13-23(20-11-8-9-12-22-20)16-17-14-18(24-2)21(26-4)19(15-17)25-3/h8-9,11-12,14-15H,5-7,10,13,16H2,1-4H3. The number of benzene rings is 1. The van der Waals surface area contributed by atoms with Gasteiger partial charge >= 0.3 is 0 Å². The molecule has 0 amide bonds.